The van der Waals surface area contributed by atoms with E-state index in [9.17, 15) is 19.2 Å². The number of rotatable bonds is 7. The van der Waals surface area contributed by atoms with Crippen LogP contribution in [0.5, 0.6) is 0 Å². The van der Waals surface area contributed by atoms with Crippen LogP contribution in [0.4, 0.5) is 0 Å². The lowest BCUT2D eigenvalue weighted by molar-refractivity contribution is -0.128. The second kappa shape index (κ2) is 12.5. The monoisotopic (exact) mass is 532 g/mol. The molecular weight excluding hydrogens is 492 g/mol. The van der Waals surface area contributed by atoms with Gasteiger partial charge in [0.25, 0.3) is 11.8 Å². The van der Waals surface area contributed by atoms with Crippen LogP contribution in [0.3, 0.4) is 0 Å². The first-order chi connectivity index (χ1) is 18.6. The van der Waals surface area contributed by atoms with Gasteiger partial charge in [-0.25, -0.2) is 0 Å². The third-order valence-corrected chi connectivity index (χ3v) is 7.49. The van der Waals surface area contributed by atoms with Gasteiger partial charge in [0.05, 0.1) is 5.92 Å². The second-order valence-electron chi connectivity index (χ2n) is 11.6. The van der Waals surface area contributed by atoms with Gasteiger partial charge in [0.15, 0.2) is 0 Å². The third kappa shape index (κ3) is 7.46. The minimum atomic E-state index is -0.452. The van der Waals surface area contributed by atoms with Crippen LogP contribution in [0.2, 0.25) is 0 Å². The predicted molar refractivity (Wildman–Crippen MR) is 150 cm³/mol. The summed E-state index contributed by atoms with van der Waals surface area (Å²) in [5, 5.41) is 5.90. The molecule has 8 nitrogen and oxygen atoms in total. The van der Waals surface area contributed by atoms with E-state index < -0.39 is 5.41 Å². The van der Waals surface area contributed by atoms with E-state index in [1.807, 2.05) is 62.1 Å². The first-order valence-corrected chi connectivity index (χ1v) is 13.9. The highest BCUT2D eigenvalue weighted by Crippen LogP contribution is 2.20. The summed E-state index contributed by atoms with van der Waals surface area (Å²) in [6.07, 6.45) is 3.93. The largest absolute Gasteiger partial charge is 0.352 e. The molecule has 8 heteroatoms. The van der Waals surface area contributed by atoms with Crippen molar-refractivity contribution in [3.05, 3.63) is 70.8 Å². The molecule has 2 fully saturated rings. The van der Waals surface area contributed by atoms with Crippen LogP contribution >= 0.6 is 0 Å². The number of benzene rings is 2. The van der Waals surface area contributed by atoms with E-state index in [1.54, 1.807) is 17.0 Å². The predicted octanol–water partition coefficient (Wildman–Crippen LogP) is 3.75. The van der Waals surface area contributed by atoms with Gasteiger partial charge in [0, 0.05) is 55.8 Å². The molecule has 2 saturated heterocycles. The van der Waals surface area contributed by atoms with Crippen LogP contribution in [-0.2, 0) is 22.7 Å². The fraction of sp³-hybridized carbons (Fsp3) is 0.484. The maximum absolute atomic E-state index is 13.0. The lowest BCUT2D eigenvalue weighted by Gasteiger charge is -2.26. The van der Waals surface area contributed by atoms with Crippen molar-refractivity contribution in [2.45, 2.75) is 59.5 Å². The third-order valence-electron chi connectivity index (χ3n) is 7.49. The van der Waals surface area contributed by atoms with Crippen LogP contribution in [0.1, 0.15) is 78.3 Å². The molecule has 2 aliphatic heterocycles. The highest BCUT2D eigenvalue weighted by atomic mass is 16.2. The van der Waals surface area contributed by atoms with Gasteiger partial charge in [-0.1, -0.05) is 45.0 Å². The molecule has 0 spiro atoms. The molecule has 4 amide bonds. The molecule has 4 rings (SSSR count). The number of nitrogens with zero attached hydrogens (tertiary/aromatic N) is 2. The maximum Gasteiger partial charge on any atom is 0.253 e. The summed E-state index contributed by atoms with van der Waals surface area (Å²) in [6, 6.07) is 14.7. The van der Waals surface area contributed by atoms with Crippen molar-refractivity contribution in [1.82, 2.24) is 20.4 Å². The van der Waals surface area contributed by atoms with Crippen molar-refractivity contribution in [1.29, 1.82) is 0 Å². The Morgan fingerprint density at radius 2 is 1.23 bits per heavy atom. The molecule has 0 unspecified atom stereocenters. The number of hydrogen-bond acceptors (Lipinski definition) is 4. The van der Waals surface area contributed by atoms with Crippen molar-refractivity contribution >= 4 is 23.6 Å². The molecule has 2 aromatic rings. The molecule has 2 aromatic carbocycles. The van der Waals surface area contributed by atoms with E-state index in [2.05, 4.69) is 10.6 Å². The number of hydrogen-bond donors (Lipinski definition) is 2. The minimum Gasteiger partial charge on any atom is -0.352 e. The van der Waals surface area contributed by atoms with E-state index in [0.717, 1.165) is 37.1 Å². The summed E-state index contributed by atoms with van der Waals surface area (Å²) in [5.41, 5.74) is 2.65. The second-order valence-corrected chi connectivity index (χ2v) is 11.6. The highest BCUT2D eigenvalue weighted by molar-refractivity contribution is 5.95. The summed E-state index contributed by atoms with van der Waals surface area (Å²) >= 11 is 0. The zero-order valence-corrected chi connectivity index (χ0v) is 23.3. The standard InChI is InChI=1S/C31H40N4O4/c1-31(2,3)30(39)33-20-23-9-13-25(14-10-23)29(38)35-18-15-26(21-35)27(36)32-19-22-7-11-24(12-8-22)28(37)34-16-5-4-6-17-34/h7-14,26H,4-6,15-21H2,1-3H3,(H,32,36)(H,33,39)/t26-/m1/s1. The Kier molecular flexibility index (Phi) is 9.04. The van der Waals surface area contributed by atoms with E-state index in [4.69, 9.17) is 0 Å². The molecule has 0 aromatic heterocycles. The Morgan fingerprint density at radius 1 is 0.718 bits per heavy atom. The molecular formula is C31H40N4O4. The van der Waals surface area contributed by atoms with Crippen LogP contribution in [0, 0.1) is 11.3 Å². The van der Waals surface area contributed by atoms with Crippen LogP contribution in [0.25, 0.3) is 0 Å². The molecule has 0 radical (unpaired) electrons. The Labute approximate surface area is 231 Å². The average Bonchev–Trinajstić information content (AvgIpc) is 3.45. The smallest absolute Gasteiger partial charge is 0.253 e. The molecule has 2 heterocycles. The molecule has 0 bridgehead atoms. The Hall–Kier alpha value is -3.68. The Morgan fingerprint density at radius 3 is 1.77 bits per heavy atom. The van der Waals surface area contributed by atoms with Crippen LogP contribution in [-0.4, -0.2) is 59.6 Å². The first-order valence-electron chi connectivity index (χ1n) is 13.9. The summed E-state index contributed by atoms with van der Waals surface area (Å²) in [6.45, 7) is 8.95. The summed E-state index contributed by atoms with van der Waals surface area (Å²) in [7, 11) is 0. The zero-order valence-electron chi connectivity index (χ0n) is 23.3. The van der Waals surface area contributed by atoms with E-state index in [0.29, 0.717) is 43.7 Å². The quantitative estimate of drug-likeness (QED) is 0.567. The molecule has 1 atom stereocenters. The van der Waals surface area contributed by atoms with E-state index in [-0.39, 0.29) is 29.5 Å². The number of likely N-dealkylation sites (tertiary alicyclic amines) is 2. The molecule has 39 heavy (non-hydrogen) atoms. The SMILES string of the molecule is CC(C)(C)C(=O)NCc1ccc(C(=O)N2CC[C@@H](C(=O)NCc3ccc(C(=O)N4CCCCC4)cc3)C2)cc1. The highest BCUT2D eigenvalue weighted by Gasteiger charge is 2.31. The Bertz CT molecular complexity index is 1180. The van der Waals surface area contributed by atoms with Crippen molar-refractivity contribution in [2.75, 3.05) is 26.2 Å². The number of nitrogens with one attached hydrogen (secondary N) is 2. The first kappa shape index (κ1) is 28.3. The van der Waals surface area contributed by atoms with E-state index >= 15 is 0 Å². The zero-order chi connectivity index (χ0) is 28.0. The van der Waals surface area contributed by atoms with Gasteiger partial charge >= 0.3 is 0 Å². The van der Waals surface area contributed by atoms with Gasteiger partial charge in [0.2, 0.25) is 11.8 Å². The molecule has 2 aliphatic rings. The van der Waals surface area contributed by atoms with Crippen LogP contribution in [0.15, 0.2) is 48.5 Å². The van der Waals surface area contributed by atoms with Crippen molar-refractivity contribution in [2.24, 2.45) is 11.3 Å². The number of amides is 4. The molecule has 2 N–H and O–H groups in total. The number of carbonyl (C=O) groups excluding carboxylic acids is 4. The van der Waals surface area contributed by atoms with Gasteiger partial charge in [-0.15, -0.1) is 0 Å². The van der Waals surface area contributed by atoms with Crippen LogP contribution < -0.4 is 10.6 Å². The normalized spacial score (nSPS) is 17.6. The van der Waals surface area contributed by atoms with E-state index in [1.165, 1.54) is 6.42 Å². The van der Waals surface area contributed by atoms with Gasteiger partial charge in [-0.05, 0) is 61.1 Å². The van der Waals surface area contributed by atoms with Gasteiger partial charge < -0.3 is 20.4 Å². The Balaban J connectivity index is 1.22. The summed E-state index contributed by atoms with van der Waals surface area (Å²) < 4.78 is 0. The lowest BCUT2D eigenvalue weighted by Crippen LogP contribution is -2.35. The fourth-order valence-corrected chi connectivity index (χ4v) is 4.93. The minimum absolute atomic E-state index is 0.0241. The number of piperidine rings is 1. The van der Waals surface area contributed by atoms with Crippen molar-refractivity contribution in [3.63, 3.8) is 0 Å². The summed E-state index contributed by atoms with van der Waals surface area (Å²) in [5.74, 6) is -0.360. The number of carbonyl (C=O) groups is 4. The maximum atomic E-state index is 13.0. The molecule has 0 saturated carbocycles. The van der Waals surface area contributed by atoms with Crippen molar-refractivity contribution < 1.29 is 19.2 Å². The van der Waals surface area contributed by atoms with Gasteiger partial charge in [0.1, 0.15) is 0 Å². The van der Waals surface area contributed by atoms with Gasteiger partial charge in [-0.3, -0.25) is 19.2 Å². The fourth-order valence-electron chi connectivity index (χ4n) is 4.93. The van der Waals surface area contributed by atoms with Gasteiger partial charge in [-0.2, -0.15) is 0 Å². The molecule has 0 aliphatic carbocycles. The molecule has 208 valence electrons. The lowest BCUT2D eigenvalue weighted by atomic mass is 9.95. The van der Waals surface area contributed by atoms with Crippen molar-refractivity contribution in [3.8, 4) is 0 Å². The average molecular weight is 533 g/mol. The summed E-state index contributed by atoms with van der Waals surface area (Å²) in [4.78, 5) is 54.2. The topological polar surface area (TPSA) is 98.8 Å².